The summed E-state index contributed by atoms with van der Waals surface area (Å²) in [5.74, 6) is 0.456. The van der Waals surface area contributed by atoms with Crippen LogP contribution in [0.1, 0.15) is 18.6 Å². The van der Waals surface area contributed by atoms with Gasteiger partial charge in [0.2, 0.25) is 5.09 Å². The van der Waals surface area contributed by atoms with Crippen LogP contribution in [0.25, 0.3) is 0 Å². The SMILES string of the molecule is NCc1ccc(S(=O)(=O)NC2CCOCC2)o1. The normalized spacial score (nSPS) is 18.4. The van der Waals surface area contributed by atoms with Crippen molar-refractivity contribution in [3.05, 3.63) is 17.9 Å². The monoisotopic (exact) mass is 260 g/mol. The summed E-state index contributed by atoms with van der Waals surface area (Å²) < 4.78 is 36.8. The van der Waals surface area contributed by atoms with Crippen molar-refractivity contribution in [2.45, 2.75) is 30.5 Å². The third kappa shape index (κ3) is 3.06. The third-order valence-corrected chi connectivity index (χ3v) is 4.04. The average molecular weight is 260 g/mol. The third-order valence-electron chi connectivity index (χ3n) is 2.65. The Hall–Kier alpha value is -0.890. The van der Waals surface area contributed by atoms with E-state index in [1.54, 1.807) is 6.07 Å². The fourth-order valence-electron chi connectivity index (χ4n) is 1.71. The first-order valence-corrected chi connectivity index (χ1v) is 6.99. The molecule has 3 N–H and O–H groups in total. The minimum absolute atomic E-state index is 0.0792. The van der Waals surface area contributed by atoms with Gasteiger partial charge in [-0.1, -0.05) is 0 Å². The Kier molecular flexibility index (Phi) is 3.82. The first-order valence-electron chi connectivity index (χ1n) is 5.50. The van der Waals surface area contributed by atoms with Crippen LogP contribution in [-0.4, -0.2) is 27.7 Å². The Morgan fingerprint density at radius 1 is 1.35 bits per heavy atom. The van der Waals surface area contributed by atoms with Crippen LogP contribution in [0.2, 0.25) is 0 Å². The van der Waals surface area contributed by atoms with Crippen molar-refractivity contribution in [3.8, 4) is 0 Å². The number of sulfonamides is 1. The van der Waals surface area contributed by atoms with E-state index in [2.05, 4.69) is 4.72 Å². The molecule has 1 aromatic heterocycles. The van der Waals surface area contributed by atoms with E-state index in [0.717, 1.165) is 0 Å². The molecule has 0 amide bonds. The fourth-order valence-corrected chi connectivity index (χ4v) is 2.96. The lowest BCUT2D eigenvalue weighted by Gasteiger charge is -2.22. The van der Waals surface area contributed by atoms with Gasteiger partial charge >= 0.3 is 0 Å². The number of nitrogens with one attached hydrogen (secondary N) is 1. The van der Waals surface area contributed by atoms with Crippen molar-refractivity contribution >= 4 is 10.0 Å². The topological polar surface area (TPSA) is 94.6 Å². The van der Waals surface area contributed by atoms with Gasteiger partial charge in [-0.15, -0.1) is 0 Å². The standard InChI is InChI=1S/C10H16N2O4S/c11-7-9-1-2-10(16-9)17(13,14)12-8-3-5-15-6-4-8/h1-2,8,12H,3-7,11H2. The predicted molar refractivity (Wildman–Crippen MR) is 60.8 cm³/mol. The predicted octanol–water partition coefficient (Wildman–Crippen LogP) is 0.196. The summed E-state index contributed by atoms with van der Waals surface area (Å²) >= 11 is 0. The average Bonchev–Trinajstić information content (AvgIpc) is 2.79. The Morgan fingerprint density at radius 2 is 2.06 bits per heavy atom. The van der Waals surface area contributed by atoms with Gasteiger partial charge < -0.3 is 14.9 Å². The van der Waals surface area contributed by atoms with Crippen LogP contribution in [-0.2, 0) is 21.3 Å². The number of hydrogen-bond acceptors (Lipinski definition) is 5. The van der Waals surface area contributed by atoms with Gasteiger partial charge in [-0.05, 0) is 25.0 Å². The van der Waals surface area contributed by atoms with Gasteiger partial charge in [0.1, 0.15) is 5.76 Å². The Labute approximate surface area is 100 Å². The van der Waals surface area contributed by atoms with Crippen LogP contribution in [0, 0.1) is 0 Å². The van der Waals surface area contributed by atoms with Gasteiger partial charge in [0.25, 0.3) is 10.0 Å². The first-order chi connectivity index (χ1) is 8.12. The van der Waals surface area contributed by atoms with Gasteiger partial charge in [-0.2, -0.15) is 0 Å². The van der Waals surface area contributed by atoms with E-state index < -0.39 is 10.0 Å². The highest BCUT2D eigenvalue weighted by atomic mass is 32.2. The molecular weight excluding hydrogens is 244 g/mol. The van der Waals surface area contributed by atoms with Crippen molar-refractivity contribution in [2.75, 3.05) is 13.2 Å². The lowest BCUT2D eigenvalue weighted by Crippen LogP contribution is -2.38. The van der Waals surface area contributed by atoms with Gasteiger partial charge in [-0.25, -0.2) is 13.1 Å². The molecule has 1 saturated heterocycles. The molecule has 6 nitrogen and oxygen atoms in total. The highest BCUT2D eigenvalue weighted by molar-refractivity contribution is 7.89. The molecule has 1 aliphatic rings. The Balaban J connectivity index is 2.07. The molecule has 0 atom stereocenters. The number of rotatable bonds is 4. The van der Waals surface area contributed by atoms with E-state index in [-0.39, 0.29) is 17.7 Å². The molecule has 0 spiro atoms. The first kappa shape index (κ1) is 12.6. The zero-order valence-corrected chi connectivity index (χ0v) is 10.2. The van der Waals surface area contributed by atoms with E-state index in [4.69, 9.17) is 14.9 Å². The molecule has 96 valence electrons. The van der Waals surface area contributed by atoms with Crippen molar-refractivity contribution in [2.24, 2.45) is 5.73 Å². The van der Waals surface area contributed by atoms with Crippen molar-refractivity contribution < 1.29 is 17.6 Å². The van der Waals surface area contributed by atoms with E-state index in [1.165, 1.54) is 6.07 Å². The zero-order chi connectivity index (χ0) is 12.3. The summed E-state index contributed by atoms with van der Waals surface area (Å²) in [6, 6.07) is 2.91. The summed E-state index contributed by atoms with van der Waals surface area (Å²) in [4.78, 5) is 0. The zero-order valence-electron chi connectivity index (χ0n) is 9.39. The van der Waals surface area contributed by atoms with E-state index in [9.17, 15) is 8.42 Å². The van der Waals surface area contributed by atoms with Gasteiger partial charge in [0.05, 0.1) is 6.54 Å². The number of ether oxygens (including phenoxy) is 1. The fraction of sp³-hybridized carbons (Fsp3) is 0.600. The molecule has 1 fully saturated rings. The minimum atomic E-state index is -3.58. The lowest BCUT2D eigenvalue weighted by molar-refractivity contribution is 0.0831. The summed E-state index contributed by atoms with van der Waals surface area (Å²) in [6.07, 6.45) is 1.37. The van der Waals surface area contributed by atoms with Gasteiger partial charge in [0.15, 0.2) is 0 Å². The van der Waals surface area contributed by atoms with E-state index in [1.807, 2.05) is 0 Å². The smallest absolute Gasteiger partial charge is 0.274 e. The maximum Gasteiger partial charge on any atom is 0.274 e. The quantitative estimate of drug-likeness (QED) is 0.806. The summed E-state index contributed by atoms with van der Waals surface area (Å²) in [6.45, 7) is 1.35. The molecule has 0 aliphatic carbocycles. The molecule has 0 bridgehead atoms. The molecular formula is C10H16N2O4S. The largest absolute Gasteiger partial charge is 0.447 e. The molecule has 0 radical (unpaired) electrons. The highest BCUT2D eigenvalue weighted by Crippen LogP contribution is 2.16. The second-order valence-electron chi connectivity index (χ2n) is 3.93. The molecule has 1 aromatic rings. The van der Waals surface area contributed by atoms with Crippen LogP contribution in [0.4, 0.5) is 0 Å². The lowest BCUT2D eigenvalue weighted by atomic mass is 10.1. The van der Waals surface area contributed by atoms with Crippen molar-refractivity contribution in [3.63, 3.8) is 0 Å². The van der Waals surface area contributed by atoms with Crippen molar-refractivity contribution in [1.82, 2.24) is 4.72 Å². The van der Waals surface area contributed by atoms with E-state index in [0.29, 0.717) is 31.8 Å². The molecule has 7 heteroatoms. The van der Waals surface area contributed by atoms with Crippen LogP contribution >= 0.6 is 0 Å². The maximum absolute atomic E-state index is 11.9. The van der Waals surface area contributed by atoms with E-state index >= 15 is 0 Å². The second kappa shape index (κ2) is 5.18. The number of hydrogen-bond donors (Lipinski definition) is 2. The molecule has 0 saturated carbocycles. The molecule has 0 aromatic carbocycles. The van der Waals surface area contributed by atoms with Crippen LogP contribution in [0.5, 0.6) is 0 Å². The maximum atomic E-state index is 11.9. The van der Waals surface area contributed by atoms with Crippen molar-refractivity contribution in [1.29, 1.82) is 0 Å². The Bertz CT molecular complexity index is 462. The molecule has 2 heterocycles. The highest BCUT2D eigenvalue weighted by Gasteiger charge is 2.24. The van der Waals surface area contributed by atoms with Gasteiger partial charge in [-0.3, -0.25) is 0 Å². The second-order valence-corrected chi connectivity index (χ2v) is 5.58. The molecule has 17 heavy (non-hydrogen) atoms. The molecule has 1 aliphatic heterocycles. The molecule has 2 rings (SSSR count). The van der Waals surface area contributed by atoms with Gasteiger partial charge in [0, 0.05) is 19.3 Å². The summed E-state index contributed by atoms with van der Waals surface area (Å²) in [7, 11) is -3.58. The summed E-state index contributed by atoms with van der Waals surface area (Å²) in [5, 5.41) is -0.0792. The molecule has 0 unspecified atom stereocenters. The minimum Gasteiger partial charge on any atom is -0.447 e. The van der Waals surface area contributed by atoms with Crippen LogP contribution < -0.4 is 10.5 Å². The Morgan fingerprint density at radius 3 is 2.65 bits per heavy atom. The number of furan rings is 1. The summed E-state index contributed by atoms with van der Waals surface area (Å²) in [5.41, 5.74) is 5.37. The number of nitrogens with two attached hydrogens (primary N) is 1. The van der Waals surface area contributed by atoms with Crippen LogP contribution in [0.15, 0.2) is 21.6 Å². The van der Waals surface area contributed by atoms with Crippen LogP contribution in [0.3, 0.4) is 0 Å².